The van der Waals surface area contributed by atoms with Crippen molar-refractivity contribution in [2.45, 2.75) is 6.61 Å². The Bertz CT molecular complexity index is 752. The first-order valence-corrected chi connectivity index (χ1v) is 9.67. The number of ether oxygens (including phenoxy) is 2. The summed E-state index contributed by atoms with van der Waals surface area (Å²) in [6.07, 6.45) is -0.286. The number of halogens is 2. The fraction of sp³-hybridized carbons (Fsp3) is 0.350. The van der Waals surface area contributed by atoms with Crippen LogP contribution >= 0.6 is 15.9 Å². The normalized spacial score (nSPS) is 14.8. The molecular formula is C20H22BrFN2O3. The molecule has 1 aliphatic rings. The number of hydrogen-bond donors (Lipinski definition) is 0. The van der Waals surface area contributed by atoms with E-state index >= 15 is 0 Å². The number of benzene rings is 2. The molecule has 0 radical (unpaired) electrons. The molecular weight excluding hydrogens is 415 g/mol. The average molecular weight is 437 g/mol. The second-order valence-corrected chi connectivity index (χ2v) is 7.21. The van der Waals surface area contributed by atoms with E-state index in [0.717, 1.165) is 23.1 Å². The van der Waals surface area contributed by atoms with Gasteiger partial charge in [-0.05, 0) is 23.8 Å². The largest absolute Gasteiger partial charge is 0.489 e. The number of piperazine rings is 1. The summed E-state index contributed by atoms with van der Waals surface area (Å²) in [6.45, 7) is 4.06. The van der Waals surface area contributed by atoms with Crippen LogP contribution in [0.3, 0.4) is 0 Å². The Morgan fingerprint density at radius 1 is 1.07 bits per heavy atom. The summed E-state index contributed by atoms with van der Waals surface area (Å²) in [7, 11) is 0. The van der Waals surface area contributed by atoms with E-state index in [1.54, 1.807) is 17.0 Å². The van der Waals surface area contributed by atoms with E-state index in [2.05, 4.69) is 20.8 Å². The maximum Gasteiger partial charge on any atom is 0.410 e. The van der Waals surface area contributed by atoms with Crippen molar-refractivity contribution in [3.63, 3.8) is 0 Å². The molecule has 1 heterocycles. The molecule has 0 N–H and O–H groups in total. The van der Waals surface area contributed by atoms with E-state index in [0.29, 0.717) is 26.2 Å². The Morgan fingerprint density at radius 2 is 1.81 bits per heavy atom. The van der Waals surface area contributed by atoms with E-state index in [-0.39, 0.29) is 24.3 Å². The van der Waals surface area contributed by atoms with E-state index in [4.69, 9.17) is 9.47 Å². The van der Waals surface area contributed by atoms with Gasteiger partial charge in [-0.3, -0.25) is 4.90 Å². The maximum atomic E-state index is 13.7. The molecule has 0 spiro atoms. The Balaban J connectivity index is 1.36. The van der Waals surface area contributed by atoms with Crippen molar-refractivity contribution in [2.75, 3.05) is 39.3 Å². The van der Waals surface area contributed by atoms with Gasteiger partial charge in [-0.25, -0.2) is 9.18 Å². The lowest BCUT2D eigenvalue weighted by Gasteiger charge is -2.33. The van der Waals surface area contributed by atoms with Gasteiger partial charge in [0.25, 0.3) is 0 Å². The fourth-order valence-corrected chi connectivity index (χ4v) is 3.18. The summed E-state index contributed by atoms with van der Waals surface area (Å²) < 4.78 is 25.3. The smallest absolute Gasteiger partial charge is 0.410 e. The molecule has 0 saturated carbocycles. The second kappa shape index (κ2) is 9.71. The number of rotatable bonds is 6. The molecule has 3 rings (SSSR count). The third-order valence-corrected chi connectivity index (χ3v) is 4.89. The molecule has 7 heteroatoms. The average Bonchev–Trinajstić information content (AvgIpc) is 2.70. The number of nitrogens with zero attached hydrogens (tertiary/aromatic N) is 2. The maximum absolute atomic E-state index is 13.7. The number of carbonyl (C=O) groups is 1. The first kappa shape index (κ1) is 19.6. The molecule has 144 valence electrons. The van der Waals surface area contributed by atoms with Crippen molar-refractivity contribution in [2.24, 2.45) is 0 Å². The first-order valence-electron chi connectivity index (χ1n) is 8.87. The Labute approximate surface area is 166 Å². The minimum atomic E-state index is -0.371. The molecule has 1 fully saturated rings. The highest BCUT2D eigenvalue weighted by Crippen LogP contribution is 2.22. The molecule has 2 aromatic rings. The second-order valence-electron chi connectivity index (χ2n) is 6.29. The van der Waals surface area contributed by atoms with Gasteiger partial charge in [-0.15, -0.1) is 0 Å². The van der Waals surface area contributed by atoms with E-state index < -0.39 is 0 Å². The Kier molecular flexibility index (Phi) is 7.06. The molecule has 0 unspecified atom stereocenters. The highest BCUT2D eigenvalue weighted by molar-refractivity contribution is 9.10. The number of hydrogen-bond acceptors (Lipinski definition) is 4. The van der Waals surface area contributed by atoms with Gasteiger partial charge in [0, 0.05) is 37.2 Å². The van der Waals surface area contributed by atoms with E-state index in [1.807, 2.05) is 30.3 Å². The summed E-state index contributed by atoms with van der Waals surface area (Å²) >= 11 is 3.31. The van der Waals surface area contributed by atoms with Crippen LogP contribution in [-0.4, -0.2) is 55.2 Å². The monoisotopic (exact) mass is 436 g/mol. The lowest BCUT2D eigenvalue weighted by atomic mass is 10.2. The van der Waals surface area contributed by atoms with Gasteiger partial charge >= 0.3 is 6.09 Å². The van der Waals surface area contributed by atoms with Crippen LogP contribution in [0.25, 0.3) is 0 Å². The summed E-state index contributed by atoms with van der Waals surface area (Å²) in [5.41, 5.74) is 0.974. The minimum absolute atomic E-state index is 0.243. The SMILES string of the molecule is O=C(OCc1ccccc1)N1CCN(CCOc2cc(Br)ccc2F)CC1. The van der Waals surface area contributed by atoms with Gasteiger partial charge in [0.2, 0.25) is 0 Å². The molecule has 1 aliphatic heterocycles. The number of amides is 1. The fourth-order valence-electron chi connectivity index (χ4n) is 2.84. The molecule has 0 atom stereocenters. The molecule has 1 saturated heterocycles. The summed E-state index contributed by atoms with van der Waals surface area (Å²) in [6, 6.07) is 14.3. The molecule has 0 aliphatic carbocycles. The van der Waals surface area contributed by atoms with Crippen molar-refractivity contribution in [1.82, 2.24) is 9.80 Å². The summed E-state index contributed by atoms with van der Waals surface area (Å²) in [5, 5.41) is 0. The Morgan fingerprint density at radius 3 is 2.56 bits per heavy atom. The third-order valence-electron chi connectivity index (χ3n) is 4.39. The van der Waals surface area contributed by atoms with Crippen molar-refractivity contribution in [3.8, 4) is 5.75 Å². The predicted molar refractivity (Wildman–Crippen MR) is 104 cm³/mol. The van der Waals surface area contributed by atoms with Crippen LogP contribution in [0.1, 0.15) is 5.56 Å². The first-order chi connectivity index (χ1) is 13.1. The minimum Gasteiger partial charge on any atom is -0.489 e. The zero-order valence-corrected chi connectivity index (χ0v) is 16.5. The van der Waals surface area contributed by atoms with Crippen molar-refractivity contribution in [1.29, 1.82) is 0 Å². The molecule has 0 bridgehead atoms. The van der Waals surface area contributed by atoms with Gasteiger partial charge < -0.3 is 14.4 Å². The topological polar surface area (TPSA) is 42.0 Å². The van der Waals surface area contributed by atoms with Crippen LogP contribution < -0.4 is 4.74 Å². The van der Waals surface area contributed by atoms with E-state index in [9.17, 15) is 9.18 Å². The van der Waals surface area contributed by atoms with E-state index in [1.165, 1.54) is 6.07 Å². The molecule has 1 amide bonds. The number of carbonyl (C=O) groups excluding carboxylic acids is 1. The zero-order chi connectivity index (χ0) is 19.1. The Hall–Kier alpha value is -2.12. The lowest BCUT2D eigenvalue weighted by molar-refractivity contribution is 0.0682. The van der Waals surface area contributed by atoms with Crippen molar-refractivity contribution >= 4 is 22.0 Å². The van der Waals surface area contributed by atoms with Crippen molar-refractivity contribution < 1.29 is 18.7 Å². The predicted octanol–water partition coefficient (Wildman–Crippen LogP) is 3.92. The molecule has 5 nitrogen and oxygen atoms in total. The lowest BCUT2D eigenvalue weighted by Crippen LogP contribution is -2.49. The zero-order valence-electron chi connectivity index (χ0n) is 14.9. The standard InChI is InChI=1S/C20H22BrFN2O3/c21-17-6-7-18(22)19(14-17)26-13-12-23-8-10-24(11-9-23)20(25)27-15-16-4-2-1-3-5-16/h1-7,14H,8-13,15H2. The van der Waals surface area contributed by atoms with Crippen LogP contribution in [0.4, 0.5) is 9.18 Å². The van der Waals surface area contributed by atoms with Gasteiger partial charge in [0.1, 0.15) is 13.2 Å². The van der Waals surface area contributed by atoms with Crippen LogP contribution in [-0.2, 0) is 11.3 Å². The van der Waals surface area contributed by atoms with Crippen LogP contribution in [0.2, 0.25) is 0 Å². The van der Waals surface area contributed by atoms with Crippen LogP contribution in [0.15, 0.2) is 53.0 Å². The summed E-state index contributed by atoms with van der Waals surface area (Å²) in [4.78, 5) is 16.1. The molecule has 27 heavy (non-hydrogen) atoms. The highest BCUT2D eigenvalue weighted by Gasteiger charge is 2.22. The van der Waals surface area contributed by atoms with Gasteiger partial charge in [0.15, 0.2) is 11.6 Å². The quantitative estimate of drug-likeness (QED) is 0.687. The third kappa shape index (κ3) is 5.94. The highest BCUT2D eigenvalue weighted by atomic mass is 79.9. The van der Waals surface area contributed by atoms with Gasteiger partial charge in [-0.2, -0.15) is 0 Å². The summed E-state index contributed by atoms with van der Waals surface area (Å²) in [5.74, 6) is -0.128. The van der Waals surface area contributed by atoms with Crippen molar-refractivity contribution in [3.05, 3.63) is 64.4 Å². The van der Waals surface area contributed by atoms with Gasteiger partial charge in [-0.1, -0.05) is 46.3 Å². The van der Waals surface area contributed by atoms with Crippen LogP contribution in [0, 0.1) is 5.82 Å². The van der Waals surface area contributed by atoms with Gasteiger partial charge in [0.05, 0.1) is 0 Å². The molecule has 2 aromatic carbocycles. The molecule has 0 aromatic heterocycles. The van der Waals surface area contributed by atoms with Crippen LogP contribution in [0.5, 0.6) is 5.75 Å².